The van der Waals surface area contributed by atoms with Crippen LogP contribution in [0.5, 0.6) is 0 Å². The zero-order valence-corrected chi connectivity index (χ0v) is 28.4. The first-order valence-electron chi connectivity index (χ1n) is 18.1. The van der Waals surface area contributed by atoms with E-state index in [-0.39, 0.29) is 6.04 Å². The summed E-state index contributed by atoms with van der Waals surface area (Å²) < 4.78 is 0. The second-order valence-corrected chi connectivity index (χ2v) is 12.2. The number of hydrogen-bond acceptors (Lipinski definition) is 3. The monoisotopic (exact) mass is 578 g/mol. The summed E-state index contributed by atoms with van der Waals surface area (Å²) >= 11 is 0. The van der Waals surface area contributed by atoms with Crippen molar-refractivity contribution in [3.05, 3.63) is 59.7 Å². The number of hydrogen-bond donors (Lipinski definition) is 1. The van der Waals surface area contributed by atoms with Crippen molar-refractivity contribution in [1.29, 1.82) is 0 Å². The Kier molecular flexibility index (Phi) is 20.2. The van der Waals surface area contributed by atoms with E-state index < -0.39 is 0 Å². The molecule has 2 aromatic rings. The average Bonchev–Trinajstić information content (AvgIpc) is 3.03. The van der Waals surface area contributed by atoms with Crippen molar-refractivity contribution >= 4 is 11.4 Å². The van der Waals surface area contributed by atoms with Crippen LogP contribution in [-0.2, 0) is 0 Å². The number of unbranched alkanes of at least 4 members (excludes halogenated alkanes) is 15. The summed E-state index contributed by atoms with van der Waals surface area (Å²) in [5.41, 5.74) is 5.35. The molecule has 2 rings (SSSR count). The first-order chi connectivity index (χ1) is 20.7. The molecule has 0 aliphatic rings. The SMILES string of the molecule is CCCCCCCCCCCCCCCCCCNC(c1ccc(N(CC)CC)cc1)c1ccc(N(CC)CC)cc1. The van der Waals surface area contributed by atoms with E-state index >= 15 is 0 Å². The fraction of sp³-hybridized carbons (Fsp3) is 0.692. The van der Waals surface area contributed by atoms with Crippen LogP contribution < -0.4 is 15.1 Å². The van der Waals surface area contributed by atoms with E-state index in [1.54, 1.807) is 0 Å². The molecule has 0 amide bonds. The Bertz CT molecular complexity index is 812. The molecule has 0 aliphatic heterocycles. The largest absolute Gasteiger partial charge is 0.372 e. The summed E-state index contributed by atoms with van der Waals surface area (Å²) in [6, 6.07) is 18.8. The molecule has 3 nitrogen and oxygen atoms in total. The van der Waals surface area contributed by atoms with Gasteiger partial charge in [-0.1, -0.05) is 128 Å². The molecule has 0 fully saturated rings. The van der Waals surface area contributed by atoms with Gasteiger partial charge in [-0.15, -0.1) is 0 Å². The molecule has 0 bridgehead atoms. The summed E-state index contributed by atoms with van der Waals surface area (Å²) in [7, 11) is 0. The molecule has 0 spiro atoms. The molecule has 0 aliphatic carbocycles. The molecule has 0 heterocycles. The van der Waals surface area contributed by atoms with Crippen molar-refractivity contribution in [3.63, 3.8) is 0 Å². The van der Waals surface area contributed by atoms with Gasteiger partial charge < -0.3 is 15.1 Å². The Morgan fingerprint density at radius 1 is 0.429 bits per heavy atom. The third-order valence-electron chi connectivity index (χ3n) is 9.09. The van der Waals surface area contributed by atoms with Crippen molar-refractivity contribution in [3.8, 4) is 0 Å². The Morgan fingerprint density at radius 3 is 1.05 bits per heavy atom. The molecule has 0 saturated carbocycles. The Morgan fingerprint density at radius 2 is 0.738 bits per heavy atom. The average molecular weight is 578 g/mol. The quantitative estimate of drug-likeness (QED) is 0.112. The lowest BCUT2D eigenvalue weighted by atomic mass is 9.97. The van der Waals surface area contributed by atoms with Gasteiger partial charge in [0, 0.05) is 37.6 Å². The molecular weight excluding hydrogens is 510 g/mol. The van der Waals surface area contributed by atoms with Crippen LogP contribution in [-0.4, -0.2) is 32.7 Å². The fourth-order valence-electron chi connectivity index (χ4n) is 6.28. The van der Waals surface area contributed by atoms with Crippen LogP contribution in [0.1, 0.15) is 155 Å². The maximum Gasteiger partial charge on any atom is 0.0576 e. The minimum Gasteiger partial charge on any atom is -0.372 e. The highest BCUT2D eigenvalue weighted by Crippen LogP contribution is 2.27. The fourth-order valence-corrected chi connectivity index (χ4v) is 6.28. The van der Waals surface area contributed by atoms with E-state index in [0.717, 1.165) is 32.7 Å². The van der Waals surface area contributed by atoms with Crippen LogP contribution in [0, 0.1) is 0 Å². The van der Waals surface area contributed by atoms with Crippen LogP contribution in [0.25, 0.3) is 0 Å². The van der Waals surface area contributed by atoms with Crippen LogP contribution in [0.3, 0.4) is 0 Å². The van der Waals surface area contributed by atoms with Gasteiger partial charge in [-0.3, -0.25) is 0 Å². The van der Waals surface area contributed by atoms with Gasteiger partial charge in [0.15, 0.2) is 0 Å². The topological polar surface area (TPSA) is 18.5 Å². The van der Waals surface area contributed by atoms with E-state index in [1.165, 1.54) is 125 Å². The van der Waals surface area contributed by atoms with Crippen LogP contribution in [0.4, 0.5) is 11.4 Å². The number of nitrogens with one attached hydrogen (secondary N) is 1. The normalized spacial score (nSPS) is 11.4. The molecule has 0 atom stereocenters. The Labute approximate surface area is 261 Å². The molecule has 0 radical (unpaired) electrons. The van der Waals surface area contributed by atoms with Crippen LogP contribution in [0.15, 0.2) is 48.5 Å². The van der Waals surface area contributed by atoms with Gasteiger partial charge in [0.05, 0.1) is 6.04 Å². The van der Waals surface area contributed by atoms with E-state index in [1.807, 2.05) is 0 Å². The lowest BCUT2D eigenvalue weighted by molar-refractivity contribution is 0.518. The second-order valence-electron chi connectivity index (χ2n) is 12.2. The molecular formula is C39H67N3. The van der Waals surface area contributed by atoms with Crippen molar-refractivity contribution in [2.75, 3.05) is 42.5 Å². The zero-order valence-electron chi connectivity index (χ0n) is 28.4. The Balaban J connectivity index is 1.73. The van der Waals surface area contributed by atoms with Crippen LogP contribution >= 0.6 is 0 Å². The first kappa shape index (κ1) is 36.2. The molecule has 0 aromatic heterocycles. The lowest BCUT2D eigenvalue weighted by Crippen LogP contribution is -2.25. The maximum absolute atomic E-state index is 3.93. The highest BCUT2D eigenvalue weighted by atomic mass is 15.1. The predicted octanol–water partition coefficient (Wildman–Crippen LogP) is 11.3. The van der Waals surface area contributed by atoms with Gasteiger partial charge in [-0.25, -0.2) is 0 Å². The van der Waals surface area contributed by atoms with Gasteiger partial charge in [0.1, 0.15) is 0 Å². The minimum absolute atomic E-state index is 0.234. The lowest BCUT2D eigenvalue weighted by Gasteiger charge is -2.25. The van der Waals surface area contributed by atoms with Gasteiger partial charge in [0.2, 0.25) is 0 Å². The molecule has 42 heavy (non-hydrogen) atoms. The van der Waals surface area contributed by atoms with E-state index in [9.17, 15) is 0 Å². The molecule has 2 aromatic carbocycles. The smallest absolute Gasteiger partial charge is 0.0576 e. The van der Waals surface area contributed by atoms with Crippen molar-refractivity contribution in [1.82, 2.24) is 5.32 Å². The third kappa shape index (κ3) is 14.0. The van der Waals surface area contributed by atoms with Crippen molar-refractivity contribution in [2.24, 2.45) is 0 Å². The van der Waals surface area contributed by atoms with Gasteiger partial charge >= 0.3 is 0 Å². The minimum atomic E-state index is 0.234. The second kappa shape index (κ2) is 23.5. The van der Waals surface area contributed by atoms with Crippen molar-refractivity contribution in [2.45, 2.75) is 143 Å². The molecule has 238 valence electrons. The predicted molar refractivity (Wildman–Crippen MR) is 189 cm³/mol. The summed E-state index contributed by atoms with van der Waals surface area (Å²) in [4.78, 5) is 4.84. The summed E-state index contributed by atoms with van der Waals surface area (Å²) in [6.07, 6.45) is 22.6. The zero-order chi connectivity index (χ0) is 30.3. The summed E-state index contributed by atoms with van der Waals surface area (Å²) in [5.74, 6) is 0. The Hall–Kier alpha value is -2.00. The van der Waals surface area contributed by atoms with Gasteiger partial charge in [-0.2, -0.15) is 0 Å². The van der Waals surface area contributed by atoms with Crippen molar-refractivity contribution < 1.29 is 0 Å². The first-order valence-corrected chi connectivity index (χ1v) is 18.1. The highest BCUT2D eigenvalue weighted by Gasteiger charge is 2.15. The van der Waals surface area contributed by atoms with E-state index in [2.05, 4.69) is 98.3 Å². The third-order valence-corrected chi connectivity index (χ3v) is 9.09. The van der Waals surface area contributed by atoms with E-state index in [4.69, 9.17) is 0 Å². The standard InChI is InChI=1S/C39H67N3/c1-6-11-12-13-14-15-16-17-18-19-20-21-22-23-24-25-34-40-39(35-26-30-37(31-27-35)41(7-2)8-3)36-28-32-38(33-29-36)42(9-4)10-5/h26-33,39-40H,6-25,34H2,1-5H3. The van der Waals surface area contributed by atoms with Gasteiger partial charge in [-0.05, 0) is 76.1 Å². The highest BCUT2D eigenvalue weighted by molar-refractivity contribution is 5.51. The number of rotatable bonds is 26. The molecule has 0 unspecified atom stereocenters. The molecule has 3 heteroatoms. The maximum atomic E-state index is 3.93. The van der Waals surface area contributed by atoms with Crippen LogP contribution in [0.2, 0.25) is 0 Å². The molecule has 0 saturated heterocycles. The summed E-state index contributed by atoms with van der Waals surface area (Å²) in [5, 5.41) is 3.93. The van der Waals surface area contributed by atoms with Gasteiger partial charge in [0.25, 0.3) is 0 Å². The number of benzene rings is 2. The summed E-state index contributed by atoms with van der Waals surface area (Å²) in [6.45, 7) is 16.5. The number of nitrogens with zero attached hydrogens (tertiary/aromatic N) is 2. The number of anilines is 2. The molecule has 1 N–H and O–H groups in total. The van der Waals surface area contributed by atoms with E-state index in [0.29, 0.717) is 0 Å².